The molecule has 5 N–H and O–H groups in total. The van der Waals surface area contributed by atoms with E-state index in [0.29, 0.717) is 17.9 Å². The van der Waals surface area contributed by atoms with Crippen molar-refractivity contribution in [1.29, 1.82) is 0 Å². The van der Waals surface area contributed by atoms with Crippen LogP contribution in [-0.4, -0.2) is 25.2 Å². The van der Waals surface area contributed by atoms with Crippen molar-refractivity contribution in [1.82, 2.24) is 14.9 Å². The second kappa shape index (κ2) is 4.40. The molecule has 0 radical (unpaired) electrons. The van der Waals surface area contributed by atoms with Gasteiger partial charge in [-0.25, -0.2) is 0 Å². The minimum Gasteiger partial charge on any atom is -0.326 e. The summed E-state index contributed by atoms with van der Waals surface area (Å²) in [5.41, 5.74) is 5.99. The van der Waals surface area contributed by atoms with E-state index in [9.17, 15) is 8.42 Å². The van der Waals surface area contributed by atoms with E-state index in [2.05, 4.69) is 19.6 Å². The fraction of sp³-hybridized carbons (Fsp3) is 0.500. The summed E-state index contributed by atoms with van der Waals surface area (Å²) in [7, 11) is -3.51. The lowest BCUT2D eigenvalue weighted by Crippen LogP contribution is -2.30. The minimum absolute atomic E-state index is 0.223. The third-order valence-corrected chi connectivity index (χ3v) is 2.65. The molecular weight excluding hydrogens is 206 g/mol. The number of nitrogens with two attached hydrogens (primary N) is 1. The highest BCUT2D eigenvalue weighted by Gasteiger charge is 2.11. The lowest BCUT2D eigenvalue weighted by Gasteiger charge is -2.06. The molecule has 1 rings (SSSR count). The Labute approximate surface area is 82.3 Å². The zero-order valence-electron chi connectivity index (χ0n) is 7.74. The Bertz CT molecular complexity index is 385. The number of hydrogen-bond donors (Lipinski definition) is 4. The smallest absolute Gasteiger partial charge is 0.300 e. The van der Waals surface area contributed by atoms with Crippen LogP contribution in [0.25, 0.3) is 0 Å². The zero-order chi connectivity index (χ0) is 10.6. The Morgan fingerprint density at radius 3 is 2.93 bits per heavy atom. The molecule has 1 aromatic rings. The maximum absolute atomic E-state index is 11.3. The lowest BCUT2D eigenvalue weighted by molar-refractivity contribution is 0.589. The summed E-state index contributed by atoms with van der Waals surface area (Å²) in [5.74, 6) is 0.299. The standard InChI is InChI=1S/C6H13N5O2S/c1-2-9-14(12,13)11-6-5(3-7)4-8-10-6/h4,9H,2-3,7H2,1H3,(H2,8,10,11). The van der Waals surface area contributed by atoms with E-state index < -0.39 is 10.2 Å². The predicted molar refractivity (Wildman–Crippen MR) is 52.7 cm³/mol. The van der Waals surface area contributed by atoms with Crippen LogP contribution in [0.3, 0.4) is 0 Å². The zero-order valence-corrected chi connectivity index (χ0v) is 8.56. The van der Waals surface area contributed by atoms with Crippen molar-refractivity contribution in [2.24, 2.45) is 5.73 Å². The normalized spacial score (nSPS) is 11.6. The second-order valence-corrected chi connectivity index (χ2v) is 4.08. The Morgan fingerprint density at radius 1 is 1.64 bits per heavy atom. The molecule has 7 nitrogen and oxygen atoms in total. The largest absolute Gasteiger partial charge is 0.326 e. The molecule has 80 valence electrons. The van der Waals surface area contributed by atoms with Gasteiger partial charge in [0.05, 0.1) is 6.20 Å². The molecule has 0 saturated carbocycles. The molecule has 0 fully saturated rings. The van der Waals surface area contributed by atoms with Crippen LogP contribution < -0.4 is 15.2 Å². The van der Waals surface area contributed by atoms with Gasteiger partial charge in [0.15, 0.2) is 0 Å². The summed E-state index contributed by atoms with van der Waals surface area (Å²) in [4.78, 5) is 0. The highest BCUT2D eigenvalue weighted by Crippen LogP contribution is 2.10. The van der Waals surface area contributed by atoms with E-state index in [-0.39, 0.29) is 6.54 Å². The van der Waals surface area contributed by atoms with Crippen molar-refractivity contribution in [3.8, 4) is 0 Å². The molecule has 1 aromatic heterocycles. The fourth-order valence-corrected chi connectivity index (χ4v) is 1.81. The third kappa shape index (κ3) is 2.69. The molecule has 0 bridgehead atoms. The van der Waals surface area contributed by atoms with E-state index >= 15 is 0 Å². The summed E-state index contributed by atoms with van der Waals surface area (Å²) < 4.78 is 27.1. The van der Waals surface area contributed by atoms with Crippen LogP contribution in [-0.2, 0) is 16.8 Å². The number of nitrogens with one attached hydrogen (secondary N) is 3. The SMILES string of the molecule is CCNS(=O)(=O)Nc1[nH]ncc1CN. The van der Waals surface area contributed by atoms with Gasteiger partial charge in [0, 0.05) is 18.7 Å². The predicted octanol–water partition coefficient (Wildman–Crippen LogP) is -0.865. The minimum atomic E-state index is -3.51. The van der Waals surface area contributed by atoms with E-state index in [1.54, 1.807) is 6.92 Å². The number of anilines is 1. The fourth-order valence-electron chi connectivity index (χ4n) is 0.915. The van der Waals surface area contributed by atoms with Gasteiger partial charge in [-0.05, 0) is 0 Å². The topological polar surface area (TPSA) is 113 Å². The van der Waals surface area contributed by atoms with Gasteiger partial charge >= 0.3 is 0 Å². The Morgan fingerprint density at radius 2 is 2.36 bits per heavy atom. The van der Waals surface area contributed by atoms with Crippen LogP contribution in [0.15, 0.2) is 6.20 Å². The summed E-state index contributed by atoms with van der Waals surface area (Å²) in [6.07, 6.45) is 1.48. The van der Waals surface area contributed by atoms with Crippen molar-refractivity contribution in [2.75, 3.05) is 11.3 Å². The van der Waals surface area contributed by atoms with Gasteiger partial charge in [-0.1, -0.05) is 6.92 Å². The Hall–Kier alpha value is -1.12. The molecule has 0 amide bonds. The van der Waals surface area contributed by atoms with Crippen LogP contribution >= 0.6 is 0 Å². The maximum Gasteiger partial charge on any atom is 0.300 e. The monoisotopic (exact) mass is 219 g/mol. The van der Waals surface area contributed by atoms with Crippen molar-refractivity contribution in [3.05, 3.63) is 11.8 Å². The van der Waals surface area contributed by atoms with Gasteiger partial charge in [-0.15, -0.1) is 0 Å². The number of hydrogen-bond acceptors (Lipinski definition) is 4. The molecule has 0 spiro atoms. The van der Waals surface area contributed by atoms with Gasteiger partial charge < -0.3 is 5.73 Å². The molecule has 0 atom stereocenters. The Kier molecular flexibility index (Phi) is 3.44. The molecule has 0 aliphatic heterocycles. The first-order valence-corrected chi connectivity index (χ1v) is 5.57. The average molecular weight is 219 g/mol. The summed E-state index contributed by atoms with van der Waals surface area (Å²) in [6, 6.07) is 0. The summed E-state index contributed by atoms with van der Waals surface area (Å²) in [6.45, 7) is 2.23. The molecule has 0 aliphatic rings. The van der Waals surface area contributed by atoms with E-state index in [1.165, 1.54) is 6.20 Å². The first-order valence-electron chi connectivity index (χ1n) is 4.08. The van der Waals surface area contributed by atoms with E-state index in [4.69, 9.17) is 5.73 Å². The number of nitrogens with zero attached hydrogens (tertiary/aromatic N) is 1. The molecular formula is C6H13N5O2S. The van der Waals surface area contributed by atoms with Crippen molar-refractivity contribution < 1.29 is 8.42 Å². The molecule has 0 aliphatic carbocycles. The number of H-pyrrole nitrogens is 1. The molecule has 0 unspecified atom stereocenters. The number of rotatable bonds is 5. The number of aromatic amines is 1. The van der Waals surface area contributed by atoms with Crippen LogP contribution in [0.4, 0.5) is 5.82 Å². The molecule has 1 heterocycles. The molecule has 8 heteroatoms. The summed E-state index contributed by atoms with van der Waals surface area (Å²) >= 11 is 0. The second-order valence-electron chi connectivity index (χ2n) is 2.58. The Balaban J connectivity index is 2.78. The highest BCUT2D eigenvalue weighted by atomic mass is 32.2. The van der Waals surface area contributed by atoms with E-state index in [0.717, 1.165) is 0 Å². The van der Waals surface area contributed by atoms with E-state index in [1.807, 2.05) is 0 Å². The average Bonchev–Trinajstić information content (AvgIpc) is 2.50. The van der Waals surface area contributed by atoms with Gasteiger partial charge in [0.2, 0.25) is 0 Å². The molecule has 0 aromatic carbocycles. The summed E-state index contributed by atoms with van der Waals surface area (Å²) in [5, 5.41) is 6.19. The molecule has 0 saturated heterocycles. The van der Waals surface area contributed by atoms with Crippen LogP contribution in [0.1, 0.15) is 12.5 Å². The van der Waals surface area contributed by atoms with Gasteiger partial charge in [-0.2, -0.15) is 18.2 Å². The van der Waals surface area contributed by atoms with Crippen molar-refractivity contribution in [2.45, 2.75) is 13.5 Å². The van der Waals surface area contributed by atoms with Gasteiger partial charge in [-0.3, -0.25) is 9.82 Å². The quantitative estimate of drug-likeness (QED) is 0.515. The lowest BCUT2D eigenvalue weighted by atomic mass is 10.3. The van der Waals surface area contributed by atoms with Crippen LogP contribution in [0.5, 0.6) is 0 Å². The van der Waals surface area contributed by atoms with Gasteiger partial charge in [0.25, 0.3) is 10.2 Å². The van der Waals surface area contributed by atoms with Gasteiger partial charge in [0.1, 0.15) is 5.82 Å². The van der Waals surface area contributed by atoms with Crippen LogP contribution in [0.2, 0.25) is 0 Å². The highest BCUT2D eigenvalue weighted by molar-refractivity contribution is 7.90. The molecule has 14 heavy (non-hydrogen) atoms. The third-order valence-electron chi connectivity index (χ3n) is 1.51. The first-order chi connectivity index (χ1) is 6.59. The van der Waals surface area contributed by atoms with Crippen LogP contribution in [0, 0.1) is 0 Å². The van der Waals surface area contributed by atoms with Crippen molar-refractivity contribution in [3.63, 3.8) is 0 Å². The first kappa shape index (κ1) is 11.0. The number of aromatic nitrogens is 2. The van der Waals surface area contributed by atoms with Crippen molar-refractivity contribution >= 4 is 16.0 Å². The maximum atomic E-state index is 11.3.